The molecule has 0 bridgehead atoms. The van der Waals surface area contributed by atoms with Crippen molar-refractivity contribution in [2.75, 3.05) is 20.5 Å². The number of benzene rings is 2. The summed E-state index contributed by atoms with van der Waals surface area (Å²) in [5.41, 5.74) is 0. The molecule has 5 heteroatoms. The third kappa shape index (κ3) is 3.95. The largest absolute Gasteiger partial charge is 0.567 e. The fourth-order valence-electron chi connectivity index (χ4n) is 1.82. The predicted molar refractivity (Wildman–Crippen MR) is 71.1 cm³/mol. The smallest absolute Gasteiger partial charge is 0.188 e. The summed E-state index contributed by atoms with van der Waals surface area (Å²) in [6.07, 6.45) is 0.153. The van der Waals surface area contributed by atoms with Crippen molar-refractivity contribution < 1.29 is 40.0 Å². The van der Waals surface area contributed by atoms with Crippen LogP contribution in [0.2, 0.25) is 0 Å². The average molecular weight is 443 g/mol. The van der Waals surface area contributed by atoms with E-state index in [-0.39, 0.29) is 34.0 Å². The third-order valence-corrected chi connectivity index (χ3v) is 2.87. The summed E-state index contributed by atoms with van der Waals surface area (Å²) in [4.78, 5) is 0. The Morgan fingerprint density at radius 1 is 1.05 bits per heavy atom. The molecular weight excluding hydrogens is 428 g/mol. The fraction of sp³-hybridized carbons (Fsp3) is 0.267. The Morgan fingerprint density at radius 3 is 2.20 bits per heavy atom. The van der Waals surface area contributed by atoms with Gasteiger partial charge in [-0.05, 0) is 41.1 Å². The summed E-state index contributed by atoms with van der Waals surface area (Å²) in [5.74, 6) is 1.64. The Bertz CT molecular complexity index is 569. The summed E-state index contributed by atoms with van der Waals surface area (Å²) < 4.78 is 20.9. The topological polar surface area (TPSA) is 40.2 Å². The molecule has 1 aliphatic rings. The van der Waals surface area contributed by atoms with Crippen LogP contribution in [0.3, 0.4) is 0 Å². The molecule has 1 heterocycles. The second-order valence-corrected chi connectivity index (χ2v) is 4.34. The van der Waals surface area contributed by atoms with E-state index in [9.17, 15) is 0 Å². The number of hydrogen-bond acceptors (Lipinski definition) is 4. The fourth-order valence-corrected chi connectivity index (χ4v) is 1.82. The van der Waals surface area contributed by atoms with Crippen LogP contribution in [0.25, 0.3) is 10.8 Å². The zero-order valence-corrected chi connectivity index (χ0v) is 14.0. The summed E-state index contributed by atoms with van der Waals surface area (Å²) >= 11 is 0. The molecule has 2 aromatic carbocycles. The van der Waals surface area contributed by atoms with Gasteiger partial charge >= 0.3 is 0 Å². The summed E-state index contributed by atoms with van der Waals surface area (Å²) in [7, 11) is 1.60. The van der Waals surface area contributed by atoms with Gasteiger partial charge in [0, 0.05) is 28.2 Å². The van der Waals surface area contributed by atoms with Crippen LogP contribution in [0.4, 0.5) is 0 Å². The number of fused-ring (bicyclic) bond motifs is 1. The molecule has 0 aromatic heterocycles. The SMILES string of the molecule is COCOc1ccc2cc(OCC3[CH-]O3)ccc2c1.[W]. The van der Waals surface area contributed by atoms with Gasteiger partial charge in [-0.1, -0.05) is 12.1 Å². The van der Waals surface area contributed by atoms with Crippen LogP contribution >= 0.6 is 0 Å². The van der Waals surface area contributed by atoms with Gasteiger partial charge < -0.3 is 18.9 Å². The van der Waals surface area contributed by atoms with Gasteiger partial charge in [0.15, 0.2) is 6.79 Å². The molecule has 2 aromatic rings. The molecule has 0 aliphatic carbocycles. The van der Waals surface area contributed by atoms with Crippen molar-refractivity contribution in [1.29, 1.82) is 0 Å². The molecule has 106 valence electrons. The van der Waals surface area contributed by atoms with Gasteiger partial charge in [0.1, 0.15) is 11.5 Å². The molecule has 20 heavy (non-hydrogen) atoms. The van der Waals surface area contributed by atoms with E-state index in [0.29, 0.717) is 6.61 Å². The molecule has 0 spiro atoms. The number of rotatable bonds is 6. The quantitative estimate of drug-likeness (QED) is 0.392. The van der Waals surface area contributed by atoms with E-state index in [1.165, 1.54) is 0 Å². The van der Waals surface area contributed by atoms with Crippen molar-refractivity contribution in [3.05, 3.63) is 43.0 Å². The molecule has 0 saturated carbocycles. The van der Waals surface area contributed by atoms with E-state index in [2.05, 4.69) is 0 Å². The number of epoxide rings is 1. The maximum atomic E-state index is 5.63. The standard InChI is InChI=1S/C15H15O4.W/c1-16-10-19-14-5-3-11-6-13(4-2-12(11)7-14)17-8-15-9-18-15;/h2-7,9,15H,8,10H2,1H3;/q-1;. The third-order valence-electron chi connectivity index (χ3n) is 2.87. The van der Waals surface area contributed by atoms with Crippen molar-refractivity contribution >= 4 is 10.8 Å². The van der Waals surface area contributed by atoms with Gasteiger partial charge in [-0.3, -0.25) is 0 Å². The zero-order chi connectivity index (χ0) is 13.1. The molecule has 1 unspecified atom stereocenters. The first-order chi connectivity index (χ1) is 9.35. The van der Waals surface area contributed by atoms with Crippen LogP contribution in [0.1, 0.15) is 0 Å². The Labute approximate surface area is 132 Å². The molecule has 1 atom stereocenters. The van der Waals surface area contributed by atoms with Crippen LogP contribution in [-0.4, -0.2) is 26.6 Å². The van der Waals surface area contributed by atoms with E-state index in [4.69, 9.17) is 18.9 Å². The van der Waals surface area contributed by atoms with Crippen molar-refractivity contribution in [1.82, 2.24) is 0 Å². The van der Waals surface area contributed by atoms with Gasteiger partial charge in [0.05, 0.1) is 6.61 Å². The van der Waals surface area contributed by atoms with Crippen molar-refractivity contribution in [3.8, 4) is 11.5 Å². The van der Waals surface area contributed by atoms with Gasteiger partial charge in [-0.15, -0.1) is 0 Å². The van der Waals surface area contributed by atoms with Gasteiger partial charge in [-0.2, -0.15) is 6.61 Å². The first kappa shape index (κ1) is 15.3. The molecular formula is C15H15O4W-. The number of methoxy groups -OCH3 is 1. The molecule has 4 nitrogen and oxygen atoms in total. The molecule has 1 fully saturated rings. The van der Waals surface area contributed by atoms with Crippen molar-refractivity contribution in [2.45, 2.75) is 6.10 Å². The molecule has 0 radical (unpaired) electrons. The van der Waals surface area contributed by atoms with E-state index >= 15 is 0 Å². The molecule has 3 rings (SSSR count). The Kier molecular flexibility index (Phi) is 5.41. The Balaban J connectivity index is 0.00000147. The van der Waals surface area contributed by atoms with E-state index in [1.807, 2.05) is 36.4 Å². The minimum Gasteiger partial charge on any atom is -0.567 e. The average Bonchev–Trinajstić information content (AvgIpc) is 3.26. The molecule has 0 amide bonds. The van der Waals surface area contributed by atoms with Crippen LogP contribution in [0.5, 0.6) is 11.5 Å². The maximum absolute atomic E-state index is 5.63. The van der Waals surface area contributed by atoms with Gasteiger partial charge in [-0.25, -0.2) is 0 Å². The Morgan fingerprint density at radius 2 is 1.65 bits per heavy atom. The van der Waals surface area contributed by atoms with Gasteiger partial charge in [0.25, 0.3) is 0 Å². The minimum atomic E-state index is 0. The van der Waals surface area contributed by atoms with Gasteiger partial charge in [0.2, 0.25) is 0 Å². The molecule has 0 N–H and O–H groups in total. The van der Waals surface area contributed by atoms with Crippen LogP contribution in [-0.2, 0) is 30.5 Å². The summed E-state index contributed by atoms with van der Waals surface area (Å²) in [6, 6.07) is 11.9. The number of hydrogen-bond donors (Lipinski definition) is 0. The second kappa shape index (κ2) is 7.07. The first-order valence-corrected chi connectivity index (χ1v) is 6.12. The second-order valence-electron chi connectivity index (χ2n) is 4.34. The molecule has 1 saturated heterocycles. The minimum absolute atomic E-state index is 0. The summed E-state index contributed by atoms with van der Waals surface area (Å²) in [5, 5.41) is 2.22. The molecule has 1 aliphatic heterocycles. The zero-order valence-electron chi connectivity index (χ0n) is 11.1. The van der Waals surface area contributed by atoms with E-state index < -0.39 is 0 Å². The van der Waals surface area contributed by atoms with Crippen molar-refractivity contribution in [3.63, 3.8) is 0 Å². The summed E-state index contributed by atoms with van der Waals surface area (Å²) in [6.45, 7) is 2.59. The van der Waals surface area contributed by atoms with Crippen LogP contribution in [0, 0.1) is 6.61 Å². The number of ether oxygens (including phenoxy) is 4. The van der Waals surface area contributed by atoms with E-state index in [1.54, 1.807) is 13.7 Å². The Hall–Kier alpha value is -1.09. The normalized spacial score (nSPS) is 16.6. The van der Waals surface area contributed by atoms with Crippen LogP contribution in [0.15, 0.2) is 36.4 Å². The predicted octanol–water partition coefficient (Wildman–Crippen LogP) is 2.76. The van der Waals surface area contributed by atoms with E-state index in [0.717, 1.165) is 22.3 Å². The first-order valence-electron chi connectivity index (χ1n) is 6.12. The van der Waals surface area contributed by atoms with Crippen LogP contribution < -0.4 is 9.47 Å². The monoisotopic (exact) mass is 443 g/mol. The van der Waals surface area contributed by atoms with Crippen molar-refractivity contribution in [2.24, 2.45) is 0 Å². The maximum Gasteiger partial charge on any atom is 0.188 e.